The molecule has 0 unspecified atom stereocenters. The van der Waals surface area contributed by atoms with Crippen molar-refractivity contribution in [3.8, 4) is 0 Å². The van der Waals surface area contributed by atoms with Crippen LogP contribution in [-0.2, 0) is 10.0 Å². The second-order valence-corrected chi connectivity index (χ2v) is 6.80. The summed E-state index contributed by atoms with van der Waals surface area (Å²) < 4.78 is 26.8. The standard InChI is InChI=1S/C12H8IN3O2S/c13-11-8-9-6-7-16(12(9)15-14-11)19(17,18)10-4-2-1-3-5-10/h1-8H. The Morgan fingerprint density at radius 3 is 2.53 bits per heavy atom. The molecule has 2 heterocycles. The minimum atomic E-state index is -3.62. The molecule has 0 spiro atoms. The molecule has 2 aromatic heterocycles. The van der Waals surface area contributed by atoms with Crippen molar-refractivity contribution >= 4 is 43.6 Å². The smallest absolute Gasteiger partial charge is 0.222 e. The molecule has 0 saturated carbocycles. The minimum absolute atomic E-state index is 0.229. The van der Waals surface area contributed by atoms with Gasteiger partial charge in [-0.05, 0) is 46.9 Å². The third-order valence-electron chi connectivity index (χ3n) is 2.67. The van der Waals surface area contributed by atoms with Crippen LogP contribution in [0.4, 0.5) is 0 Å². The molecule has 3 rings (SSSR count). The molecule has 0 aliphatic heterocycles. The molecule has 0 radical (unpaired) electrons. The van der Waals surface area contributed by atoms with Crippen LogP contribution in [0.15, 0.2) is 53.6 Å². The van der Waals surface area contributed by atoms with Gasteiger partial charge in [-0.25, -0.2) is 12.4 Å². The lowest BCUT2D eigenvalue weighted by atomic mass is 10.4. The van der Waals surface area contributed by atoms with Crippen LogP contribution in [0.5, 0.6) is 0 Å². The SMILES string of the molecule is O=S(=O)(c1ccccc1)n1ccc2cc(I)nnc21. The van der Waals surface area contributed by atoms with Gasteiger partial charge in [0.15, 0.2) is 5.65 Å². The van der Waals surface area contributed by atoms with Gasteiger partial charge in [0.25, 0.3) is 10.0 Å². The van der Waals surface area contributed by atoms with E-state index in [9.17, 15) is 8.42 Å². The molecule has 0 atom stereocenters. The van der Waals surface area contributed by atoms with Gasteiger partial charge in [-0.15, -0.1) is 10.2 Å². The van der Waals surface area contributed by atoms with Crippen molar-refractivity contribution in [3.05, 3.63) is 52.4 Å². The summed E-state index contributed by atoms with van der Waals surface area (Å²) in [5.74, 6) is 0. The lowest BCUT2D eigenvalue weighted by Gasteiger charge is -2.06. The predicted octanol–water partition coefficient (Wildman–Crippen LogP) is 2.27. The summed E-state index contributed by atoms with van der Waals surface area (Å²) in [6.45, 7) is 0. The van der Waals surface area contributed by atoms with E-state index in [1.807, 2.05) is 22.6 Å². The van der Waals surface area contributed by atoms with E-state index in [1.165, 1.54) is 6.20 Å². The quantitative estimate of drug-likeness (QED) is 0.635. The zero-order chi connectivity index (χ0) is 13.5. The summed E-state index contributed by atoms with van der Waals surface area (Å²) in [7, 11) is -3.62. The molecule has 5 nitrogen and oxygen atoms in total. The highest BCUT2D eigenvalue weighted by molar-refractivity contribution is 14.1. The van der Waals surface area contributed by atoms with Crippen LogP contribution in [0, 0.1) is 3.70 Å². The van der Waals surface area contributed by atoms with Crippen molar-refractivity contribution in [1.29, 1.82) is 0 Å². The highest BCUT2D eigenvalue weighted by Crippen LogP contribution is 2.20. The topological polar surface area (TPSA) is 64.8 Å². The Labute approximate surface area is 123 Å². The minimum Gasteiger partial charge on any atom is -0.222 e. The first-order valence-corrected chi connectivity index (χ1v) is 7.92. The normalized spacial score (nSPS) is 11.8. The third-order valence-corrected chi connectivity index (χ3v) is 4.88. The maximum Gasteiger partial charge on any atom is 0.269 e. The predicted molar refractivity (Wildman–Crippen MR) is 79.3 cm³/mol. The number of hydrogen-bond acceptors (Lipinski definition) is 4. The highest BCUT2D eigenvalue weighted by atomic mass is 127. The molecule has 0 bridgehead atoms. The Hall–Kier alpha value is -1.48. The van der Waals surface area contributed by atoms with Crippen molar-refractivity contribution in [3.63, 3.8) is 0 Å². The fraction of sp³-hybridized carbons (Fsp3) is 0. The molecule has 0 N–H and O–H groups in total. The third kappa shape index (κ3) is 2.12. The summed E-state index contributed by atoms with van der Waals surface area (Å²) in [4.78, 5) is 0.229. The number of nitrogens with zero attached hydrogens (tertiary/aromatic N) is 3. The molecule has 0 aliphatic carbocycles. The number of halogens is 1. The summed E-state index contributed by atoms with van der Waals surface area (Å²) in [5, 5.41) is 8.61. The average molecular weight is 385 g/mol. The number of hydrogen-bond donors (Lipinski definition) is 0. The van der Waals surface area contributed by atoms with Gasteiger partial charge in [-0.3, -0.25) is 0 Å². The maximum atomic E-state index is 12.5. The largest absolute Gasteiger partial charge is 0.269 e. The lowest BCUT2D eigenvalue weighted by Crippen LogP contribution is -2.12. The van der Waals surface area contributed by atoms with Crippen LogP contribution in [0.2, 0.25) is 0 Å². The van der Waals surface area contributed by atoms with Crippen LogP contribution in [-0.4, -0.2) is 22.6 Å². The zero-order valence-corrected chi connectivity index (χ0v) is 12.5. The number of fused-ring (bicyclic) bond motifs is 1. The van der Waals surface area contributed by atoms with Gasteiger partial charge in [0.05, 0.1) is 4.90 Å². The number of rotatable bonds is 2. The molecule has 1 aromatic carbocycles. The summed E-state index contributed by atoms with van der Waals surface area (Å²) in [5.41, 5.74) is 0.337. The zero-order valence-electron chi connectivity index (χ0n) is 9.56. The molecule has 96 valence electrons. The average Bonchev–Trinajstić information content (AvgIpc) is 2.83. The first-order valence-electron chi connectivity index (χ1n) is 5.40. The lowest BCUT2D eigenvalue weighted by molar-refractivity contribution is 0.588. The maximum absolute atomic E-state index is 12.5. The summed E-state index contributed by atoms with van der Waals surface area (Å²) >= 11 is 2.04. The van der Waals surface area contributed by atoms with Gasteiger partial charge in [-0.2, -0.15) is 0 Å². The van der Waals surface area contributed by atoms with Crippen molar-refractivity contribution in [2.45, 2.75) is 4.90 Å². The number of benzene rings is 1. The van der Waals surface area contributed by atoms with Crippen molar-refractivity contribution < 1.29 is 8.42 Å². The van der Waals surface area contributed by atoms with Crippen LogP contribution >= 0.6 is 22.6 Å². The van der Waals surface area contributed by atoms with E-state index in [2.05, 4.69) is 10.2 Å². The van der Waals surface area contributed by atoms with Gasteiger partial charge in [0.2, 0.25) is 0 Å². The molecular formula is C12H8IN3O2S. The summed E-state index contributed by atoms with van der Waals surface area (Å²) in [6.07, 6.45) is 1.50. The van der Waals surface area contributed by atoms with Crippen molar-refractivity contribution in [1.82, 2.24) is 14.2 Å². The van der Waals surface area contributed by atoms with E-state index in [0.29, 0.717) is 5.65 Å². The van der Waals surface area contributed by atoms with Crippen molar-refractivity contribution in [2.75, 3.05) is 0 Å². The second-order valence-electron chi connectivity index (χ2n) is 3.88. The highest BCUT2D eigenvalue weighted by Gasteiger charge is 2.19. The Kier molecular flexibility index (Phi) is 3.02. The van der Waals surface area contributed by atoms with Crippen LogP contribution in [0.25, 0.3) is 11.0 Å². The molecule has 0 saturated heterocycles. The fourth-order valence-corrected chi connectivity index (χ4v) is 3.55. The van der Waals surface area contributed by atoms with E-state index < -0.39 is 10.0 Å². The molecular weight excluding hydrogens is 377 g/mol. The summed E-state index contributed by atoms with van der Waals surface area (Å²) in [6, 6.07) is 11.8. The van der Waals surface area contributed by atoms with Gasteiger partial charge in [-0.1, -0.05) is 18.2 Å². The monoisotopic (exact) mass is 385 g/mol. The van der Waals surface area contributed by atoms with E-state index >= 15 is 0 Å². The van der Waals surface area contributed by atoms with E-state index in [-0.39, 0.29) is 4.90 Å². The molecule has 0 amide bonds. The Morgan fingerprint density at radius 2 is 1.79 bits per heavy atom. The van der Waals surface area contributed by atoms with Crippen LogP contribution in [0.3, 0.4) is 0 Å². The number of aromatic nitrogens is 3. The Balaban J connectivity index is 2.25. The second kappa shape index (κ2) is 4.57. The molecule has 7 heteroatoms. The van der Waals surface area contributed by atoms with Gasteiger partial charge in [0.1, 0.15) is 3.70 Å². The van der Waals surface area contributed by atoms with E-state index in [0.717, 1.165) is 13.1 Å². The van der Waals surface area contributed by atoms with Crippen molar-refractivity contribution in [2.24, 2.45) is 0 Å². The van der Waals surface area contributed by atoms with Crippen LogP contribution in [0.1, 0.15) is 0 Å². The molecule has 3 aromatic rings. The first-order chi connectivity index (χ1) is 9.09. The molecule has 0 fully saturated rings. The fourth-order valence-electron chi connectivity index (χ4n) is 1.79. The van der Waals surface area contributed by atoms with E-state index in [4.69, 9.17) is 0 Å². The van der Waals surface area contributed by atoms with Gasteiger partial charge >= 0.3 is 0 Å². The van der Waals surface area contributed by atoms with Crippen LogP contribution < -0.4 is 0 Å². The Bertz CT molecular complexity index is 844. The Morgan fingerprint density at radius 1 is 1.05 bits per heavy atom. The first kappa shape index (κ1) is 12.5. The molecule has 19 heavy (non-hydrogen) atoms. The van der Waals surface area contributed by atoms with Gasteiger partial charge in [0, 0.05) is 11.6 Å². The van der Waals surface area contributed by atoms with Gasteiger partial charge < -0.3 is 0 Å². The van der Waals surface area contributed by atoms with E-state index in [1.54, 1.807) is 42.5 Å². The molecule has 0 aliphatic rings.